The van der Waals surface area contributed by atoms with Crippen molar-refractivity contribution in [2.24, 2.45) is 5.73 Å². The molecule has 0 aromatic carbocycles. The normalized spacial score (nSPS) is 11.5. The Morgan fingerprint density at radius 3 is 2.60 bits per heavy atom. The minimum atomic E-state index is -4.58. The van der Waals surface area contributed by atoms with E-state index < -0.39 is 17.8 Å². The third-order valence-corrected chi connectivity index (χ3v) is 1.54. The Bertz CT molecular complexity index is 346. The van der Waals surface area contributed by atoms with Crippen LogP contribution in [-0.2, 0) is 6.18 Å². The predicted octanol–water partition coefficient (Wildman–Crippen LogP) is 0.987. The van der Waals surface area contributed by atoms with Gasteiger partial charge in [0.15, 0.2) is 5.76 Å². The van der Waals surface area contributed by atoms with Crippen LogP contribution in [0.1, 0.15) is 16.3 Å². The van der Waals surface area contributed by atoms with Crippen molar-refractivity contribution in [3.05, 3.63) is 23.7 Å². The molecule has 0 aliphatic heterocycles. The van der Waals surface area contributed by atoms with Gasteiger partial charge in [0, 0.05) is 13.1 Å². The first-order valence-electron chi connectivity index (χ1n) is 4.10. The molecule has 15 heavy (non-hydrogen) atoms. The molecular weight excluding hydrogens is 213 g/mol. The van der Waals surface area contributed by atoms with E-state index in [-0.39, 0.29) is 18.8 Å². The molecule has 3 N–H and O–H groups in total. The first kappa shape index (κ1) is 11.6. The first-order chi connectivity index (χ1) is 6.95. The van der Waals surface area contributed by atoms with Gasteiger partial charge in [-0.2, -0.15) is 13.2 Å². The molecule has 0 aliphatic carbocycles. The van der Waals surface area contributed by atoms with Gasteiger partial charge in [-0.15, -0.1) is 0 Å². The fourth-order valence-electron chi connectivity index (χ4n) is 0.885. The molecule has 0 radical (unpaired) electrons. The van der Waals surface area contributed by atoms with Gasteiger partial charge in [0.1, 0.15) is 0 Å². The lowest BCUT2D eigenvalue weighted by atomic mass is 10.4. The number of carbonyl (C=O) groups is 1. The summed E-state index contributed by atoms with van der Waals surface area (Å²) in [4.78, 5) is 11.1. The number of hydrogen-bond donors (Lipinski definition) is 2. The van der Waals surface area contributed by atoms with Crippen LogP contribution in [0.4, 0.5) is 13.2 Å². The summed E-state index contributed by atoms with van der Waals surface area (Å²) >= 11 is 0. The zero-order valence-corrected chi connectivity index (χ0v) is 7.60. The second-order valence-electron chi connectivity index (χ2n) is 2.71. The molecule has 1 rings (SSSR count). The van der Waals surface area contributed by atoms with Crippen molar-refractivity contribution in [1.29, 1.82) is 0 Å². The van der Waals surface area contributed by atoms with Crippen LogP contribution in [-0.4, -0.2) is 19.0 Å². The van der Waals surface area contributed by atoms with Crippen molar-refractivity contribution in [1.82, 2.24) is 5.32 Å². The van der Waals surface area contributed by atoms with Gasteiger partial charge in [0.2, 0.25) is 5.76 Å². The lowest BCUT2D eigenvalue weighted by Gasteiger charge is -2.01. The van der Waals surface area contributed by atoms with Crippen LogP contribution in [0.15, 0.2) is 16.5 Å². The number of furan rings is 1. The van der Waals surface area contributed by atoms with Crippen molar-refractivity contribution < 1.29 is 22.4 Å². The predicted molar refractivity (Wildman–Crippen MR) is 45.1 cm³/mol. The number of nitrogens with two attached hydrogens (primary N) is 1. The molecule has 1 aromatic rings. The number of rotatable bonds is 3. The lowest BCUT2D eigenvalue weighted by Crippen LogP contribution is -2.28. The number of nitrogens with one attached hydrogen (secondary N) is 1. The molecule has 0 saturated heterocycles. The molecule has 7 heteroatoms. The summed E-state index contributed by atoms with van der Waals surface area (Å²) < 4.78 is 40.5. The molecule has 84 valence electrons. The molecule has 0 aliphatic rings. The Kier molecular flexibility index (Phi) is 3.35. The maximum atomic E-state index is 12.1. The highest BCUT2D eigenvalue weighted by Gasteiger charge is 2.35. The topological polar surface area (TPSA) is 68.3 Å². The summed E-state index contributed by atoms with van der Waals surface area (Å²) in [7, 11) is 0. The lowest BCUT2D eigenvalue weighted by molar-refractivity contribution is -0.153. The van der Waals surface area contributed by atoms with Crippen molar-refractivity contribution >= 4 is 5.91 Å². The summed E-state index contributed by atoms with van der Waals surface area (Å²) in [6.45, 7) is 0.388. The Morgan fingerprint density at radius 1 is 1.47 bits per heavy atom. The molecule has 0 spiro atoms. The Balaban J connectivity index is 2.72. The summed E-state index contributed by atoms with van der Waals surface area (Å²) in [5.41, 5.74) is 5.10. The summed E-state index contributed by atoms with van der Waals surface area (Å²) in [5.74, 6) is -2.29. The van der Waals surface area contributed by atoms with E-state index in [9.17, 15) is 18.0 Å². The first-order valence-corrected chi connectivity index (χ1v) is 4.10. The highest BCUT2D eigenvalue weighted by Crippen LogP contribution is 2.30. The number of carbonyl (C=O) groups excluding carboxylic acids is 1. The van der Waals surface area contributed by atoms with E-state index in [1.807, 2.05) is 0 Å². The van der Waals surface area contributed by atoms with E-state index in [2.05, 4.69) is 9.73 Å². The zero-order chi connectivity index (χ0) is 11.5. The SMILES string of the molecule is NCCNC(=O)c1ccc(C(F)(F)F)o1. The minimum absolute atomic E-state index is 0.181. The van der Waals surface area contributed by atoms with Gasteiger partial charge in [0.25, 0.3) is 5.91 Å². The van der Waals surface area contributed by atoms with Crippen molar-refractivity contribution in [3.63, 3.8) is 0 Å². The highest BCUT2D eigenvalue weighted by molar-refractivity contribution is 5.91. The van der Waals surface area contributed by atoms with Crippen molar-refractivity contribution in [3.8, 4) is 0 Å². The Labute approximate surface area is 83.2 Å². The average molecular weight is 222 g/mol. The minimum Gasteiger partial charge on any atom is -0.446 e. The second kappa shape index (κ2) is 4.35. The van der Waals surface area contributed by atoms with Gasteiger partial charge < -0.3 is 15.5 Å². The fourth-order valence-corrected chi connectivity index (χ4v) is 0.885. The summed E-state index contributed by atoms with van der Waals surface area (Å²) in [6, 6.07) is 1.67. The number of amides is 1. The molecule has 0 atom stereocenters. The van der Waals surface area contributed by atoms with Gasteiger partial charge in [-0.1, -0.05) is 0 Å². The molecule has 1 amide bonds. The standard InChI is InChI=1S/C8H9F3N2O2/c9-8(10,11)6-2-1-5(15-6)7(14)13-4-3-12/h1-2H,3-4,12H2,(H,13,14). The quantitative estimate of drug-likeness (QED) is 0.801. The number of alkyl halides is 3. The van der Waals surface area contributed by atoms with Crippen LogP contribution in [0.3, 0.4) is 0 Å². The van der Waals surface area contributed by atoms with E-state index in [1.165, 1.54) is 0 Å². The summed E-state index contributed by atoms with van der Waals surface area (Å²) in [6.07, 6.45) is -4.58. The molecular formula is C8H9F3N2O2. The van der Waals surface area contributed by atoms with Crippen LogP contribution in [0.25, 0.3) is 0 Å². The van der Waals surface area contributed by atoms with Crippen molar-refractivity contribution in [2.45, 2.75) is 6.18 Å². The largest absolute Gasteiger partial charge is 0.449 e. The van der Waals surface area contributed by atoms with Crippen LogP contribution in [0.5, 0.6) is 0 Å². The molecule has 0 bridgehead atoms. The van der Waals surface area contributed by atoms with Crippen molar-refractivity contribution in [2.75, 3.05) is 13.1 Å². The fraction of sp³-hybridized carbons (Fsp3) is 0.375. The third kappa shape index (κ3) is 2.98. The van der Waals surface area contributed by atoms with Crippen LogP contribution in [0.2, 0.25) is 0 Å². The van der Waals surface area contributed by atoms with Gasteiger partial charge >= 0.3 is 6.18 Å². The van der Waals surface area contributed by atoms with E-state index >= 15 is 0 Å². The Morgan fingerprint density at radius 2 is 2.13 bits per heavy atom. The van der Waals surface area contributed by atoms with E-state index in [4.69, 9.17) is 5.73 Å². The van der Waals surface area contributed by atoms with E-state index in [1.54, 1.807) is 0 Å². The molecule has 1 aromatic heterocycles. The molecule has 0 fully saturated rings. The van der Waals surface area contributed by atoms with E-state index in [0.717, 1.165) is 6.07 Å². The molecule has 0 saturated carbocycles. The Hall–Kier alpha value is -1.50. The molecule has 1 heterocycles. The second-order valence-corrected chi connectivity index (χ2v) is 2.71. The van der Waals surface area contributed by atoms with Gasteiger partial charge in [-0.25, -0.2) is 0 Å². The maximum absolute atomic E-state index is 12.1. The third-order valence-electron chi connectivity index (χ3n) is 1.54. The van der Waals surface area contributed by atoms with Gasteiger partial charge in [-0.05, 0) is 12.1 Å². The van der Waals surface area contributed by atoms with Crippen LogP contribution >= 0.6 is 0 Å². The maximum Gasteiger partial charge on any atom is 0.449 e. The molecule has 4 nitrogen and oxygen atoms in total. The summed E-state index contributed by atoms with van der Waals surface area (Å²) in [5, 5.41) is 2.29. The van der Waals surface area contributed by atoms with Crippen LogP contribution in [0, 0.1) is 0 Å². The smallest absolute Gasteiger partial charge is 0.446 e. The average Bonchev–Trinajstić information content (AvgIpc) is 2.62. The van der Waals surface area contributed by atoms with Crippen LogP contribution < -0.4 is 11.1 Å². The van der Waals surface area contributed by atoms with E-state index in [0.29, 0.717) is 6.07 Å². The highest BCUT2D eigenvalue weighted by atomic mass is 19.4. The zero-order valence-electron chi connectivity index (χ0n) is 7.60. The van der Waals surface area contributed by atoms with Gasteiger partial charge in [-0.3, -0.25) is 4.79 Å². The number of hydrogen-bond acceptors (Lipinski definition) is 3. The molecule has 0 unspecified atom stereocenters. The van der Waals surface area contributed by atoms with Gasteiger partial charge in [0.05, 0.1) is 0 Å². The monoisotopic (exact) mass is 222 g/mol. The number of halogens is 3.